The van der Waals surface area contributed by atoms with Crippen LogP contribution in [0, 0.1) is 19.8 Å². The van der Waals surface area contributed by atoms with Crippen LogP contribution in [0.5, 0.6) is 0 Å². The standard InChI is InChI=1S/C16H27N/c1-11(10-17)7-15-12(2)8-14(9-13(15)3)16(4,5)6/h8-9,11H,7,10,17H2,1-6H3. The first-order valence-electron chi connectivity index (χ1n) is 6.56. The Bertz CT molecular complexity index is 362. The Morgan fingerprint density at radius 2 is 1.59 bits per heavy atom. The Labute approximate surface area is 106 Å². The summed E-state index contributed by atoms with van der Waals surface area (Å²) < 4.78 is 0. The van der Waals surface area contributed by atoms with E-state index in [0.717, 1.165) is 13.0 Å². The molecule has 1 aromatic carbocycles. The van der Waals surface area contributed by atoms with Crippen LogP contribution in [0.15, 0.2) is 12.1 Å². The van der Waals surface area contributed by atoms with Crippen LogP contribution >= 0.6 is 0 Å². The fourth-order valence-electron chi connectivity index (χ4n) is 2.18. The van der Waals surface area contributed by atoms with Gasteiger partial charge in [-0.2, -0.15) is 0 Å². The van der Waals surface area contributed by atoms with Gasteiger partial charge in [0.25, 0.3) is 0 Å². The molecule has 2 N–H and O–H groups in total. The highest BCUT2D eigenvalue weighted by molar-refractivity contribution is 5.40. The number of hydrogen-bond donors (Lipinski definition) is 1. The normalized spacial score (nSPS) is 13.8. The van der Waals surface area contributed by atoms with Gasteiger partial charge in [-0.1, -0.05) is 39.8 Å². The highest BCUT2D eigenvalue weighted by Gasteiger charge is 2.16. The summed E-state index contributed by atoms with van der Waals surface area (Å²) >= 11 is 0. The van der Waals surface area contributed by atoms with Crippen molar-refractivity contribution in [1.29, 1.82) is 0 Å². The molecular weight excluding hydrogens is 206 g/mol. The van der Waals surface area contributed by atoms with Crippen LogP contribution in [0.3, 0.4) is 0 Å². The van der Waals surface area contributed by atoms with Gasteiger partial charge in [-0.05, 0) is 60.4 Å². The first kappa shape index (κ1) is 14.2. The molecule has 1 heteroatoms. The van der Waals surface area contributed by atoms with Crippen LogP contribution in [0.2, 0.25) is 0 Å². The molecule has 0 bridgehead atoms. The summed E-state index contributed by atoms with van der Waals surface area (Å²) in [6.45, 7) is 14.2. The van der Waals surface area contributed by atoms with Gasteiger partial charge in [0.15, 0.2) is 0 Å². The Balaban J connectivity index is 3.11. The van der Waals surface area contributed by atoms with Crippen molar-refractivity contribution in [3.63, 3.8) is 0 Å². The molecule has 0 saturated carbocycles. The molecule has 0 aliphatic rings. The van der Waals surface area contributed by atoms with E-state index in [1.165, 1.54) is 22.3 Å². The third-order valence-corrected chi connectivity index (χ3v) is 3.52. The average Bonchev–Trinajstić information content (AvgIpc) is 2.21. The van der Waals surface area contributed by atoms with Crippen molar-refractivity contribution in [3.05, 3.63) is 34.4 Å². The van der Waals surface area contributed by atoms with Crippen LogP contribution in [-0.2, 0) is 11.8 Å². The van der Waals surface area contributed by atoms with E-state index in [9.17, 15) is 0 Å². The minimum atomic E-state index is 0.230. The second kappa shape index (κ2) is 5.22. The molecule has 0 aromatic heterocycles. The van der Waals surface area contributed by atoms with Crippen molar-refractivity contribution in [2.45, 2.75) is 53.4 Å². The predicted octanol–water partition coefficient (Wildman–Crippen LogP) is 3.74. The van der Waals surface area contributed by atoms with E-state index >= 15 is 0 Å². The Kier molecular flexibility index (Phi) is 4.37. The van der Waals surface area contributed by atoms with Gasteiger partial charge in [0.2, 0.25) is 0 Å². The van der Waals surface area contributed by atoms with Gasteiger partial charge >= 0.3 is 0 Å². The SMILES string of the molecule is Cc1cc(C(C)(C)C)cc(C)c1CC(C)CN. The molecule has 1 nitrogen and oxygen atoms in total. The van der Waals surface area contributed by atoms with Crippen molar-refractivity contribution in [1.82, 2.24) is 0 Å². The Hall–Kier alpha value is -0.820. The van der Waals surface area contributed by atoms with E-state index in [0.29, 0.717) is 5.92 Å². The van der Waals surface area contributed by atoms with E-state index in [2.05, 4.69) is 53.7 Å². The molecule has 0 radical (unpaired) electrons. The van der Waals surface area contributed by atoms with E-state index in [1.54, 1.807) is 0 Å². The number of aryl methyl sites for hydroxylation is 2. The zero-order chi connectivity index (χ0) is 13.2. The first-order chi connectivity index (χ1) is 7.75. The largest absolute Gasteiger partial charge is 0.330 e. The maximum Gasteiger partial charge on any atom is -0.00483 e. The molecule has 0 amide bonds. The lowest BCUT2D eigenvalue weighted by molar-refractivity contribution is 0.579. The summed E-state index contributed by atoms with van der Waals surface area (Å²) in [4.78, 5) is 0. The molecule has 17 heavy (non-hydrogen) atoms. The van der Waals surface area contributed by atoms with Gasteiger partial charge in [0, 0.05) is 0 Å². The molecule has 0 fully saturated rings. The summed E-state index contributed by atoms with van der Waals surface area (Å²) in [5.74, 6) is 0.563. The fourth-order valence-corrected chi connectivity index (χ4v) is 2.18. The minimum Gasteiger partial charge on any atom is -0.330 e. The molecular formula is C16H27N. The molecule has 1 atom stereocenters. The number of nitrogens with two attached hydrogens (primary N) is 1. The Morgan fingerprint density at radius 3 is 1.94 bits per heavy atom. The van der Waals surface area contributed by atoms with Crippen LogP contribution in [0.25, 0.3) is 0 Å². The molecule has 0 spiro atoms. The van der Waals surface area contributed by atoms with Crippen molar-refractivity contribution < 1.29 is 0 Å². The minimum absolute atomic E-state index is 0.230. The maximum absolute atomic E-state index is 5.72. The average molecular weight is 233 g/mol. The van der Waals surface area contributed by atoms with E-state index < -0.39 is 0 Å². The van der Waals surface area contributed by atoms with E-state index in [1.807, 2.05) is 0 Å². The third-order valence-electron chi connectivity index (χ3n) is 3.52. The summed E-state index contributed by atoms with van der Waals surface area (Å²) in [6, 6.07) is 4.68. The second-order valence-electron chi connectivity index (χ2n) is 6.38. The van der Waals surface area contributed by atoms with E-state index in [-0.39, 0.29) is 5.41 Å². The zero-order valence-electron chi connectivity index (χ0n) is 12.2. The molecule has 0 heterocycles. The first-order valence-corrected chi connectivity index (χ1v) is 6.56. The molecule has 96 valence electrons. The van der Waals surface area contributed by atoms with Gasteiger partial charge in [0.1, 0.15) is 0 Å². The van der Waals surface area contributed by atoms with Crippen molar-refractivity contribution in [2.75, 3.05) is 6.54 Å². The molecule has 0 aliphatic carbocycles. The van der Waals surface area contributed by atoms with Gasteiger partial charge in [-0.15, -0.1) is 0 Å². The highest BCUT2D eigenvalue weighted by atomic mass is 14.5. The van der Waals surface area contributed by atoms with Crippen molar-refractivity contribution in [3.8, 4) is 0 Å². The number of hydrogen-bond acceptors (Lipinski definition) is 1. The summed E-state index contributed by atoms with van der Waals surface area (Å²) in [6.07, 6.45) is 1.10. The van der Waals surface area contributed by atoms with Gasteiger partial charge in [-0.3, -0.25) is 0 Å². The summed E-state index contributed by atoms with van der Waals surface area (Å²) in [5, 5.41) is 0. The lowest BCUT2D eigenvalue weighted by Crippen LogP contribution is -2.16. The third kappa shape index (κ3) is 3.57. The van der Waals surface area contributed by atoms with E-state index in [4.69, 9.17) is 5.73 Å². The number of benzene rings is 1. The molecule has 1 aromatic rings. The quantitative estimate of drug-likeness (QED) is 0.845. The van der Waals surface area contributed by atoms with Gasteiger partial charge < -0.3 is 5.73 Å². The zero-order valence-corrected chi connectivity index (χ0v) is 12.2. The number of rotatable bonds is 3. The highest BCUT2D eigenvalue weighted by Crippen LogP contribution is 2.27. The smallest absolute Gasteiger partial charge is 0.00483 e. The monoisotopic (exact) mass is 233 g/mol. The Morgan fingerprint density at radius 1 is 1.12 bits per heavy atom. The van der Waals surface area contributed by atoms with Gasteiger partial charge in [0.05, 0.1) is 0 Å². The fraction of sp³-hybridized carbons (Fsp3) is 0.625. The molecule has 0 aliphatic heterocycles. The van der Waals surface area contributed by atoms with Crippen molar-refractivity contribution >= 4 is 0 Å². The lowest BCUT2D eigenvalue weighted by Gasteiger charge is -2.23. The molecule has 1 rings (SSSR count). The van der Waals surface area contributed by atoms with Crippen LogP contribution in [0.4, 0.5) is 0 Å². The van der Waals surface area contributed by atoms with Crippen LogP contribution < -0.4 is 5.73 Å². The van der Waals surface area contributed by atoms with Crippen LogP contribution in [-0.4, -0.2) is 6.54 Å². The van der Waals surface area contributed by atoms with Crippen molar-refractivity contribution in [2.24, 2.45) is 11.7 Å². The lowest BCUT2D eigenvalue weighted by atomic mass is 9.82. The van der Waals surface area contributed by atoms with Crippen LogP contribution in [0.1, 0.15) is 49.9 Å². The predicted molar refractivity (Wildman–Crippen MR) is 76.5 cm³/mol. The van der Waals surface area contributed by atoms with Gasteiger partial charge in [-0.25, -0.2) is 0 Å². The molecule has 0 saturated heterocycles. The maximum atomic E-state index is 5.72. The summed E-state index contributed by atoms with van der Waals surface area (Å²) in [7, 11) is 0. The second-order valence-corrected chi connectivity index (χ2v) is 6.38. The molecule has 1 unspecified atom stereocenters. The topological polar surface area (TPSA) is 26.0 Å². The summed E-state index contributed by atoms with van der Waals surface area (Å²) in [5.41, 5.74) is 11.7.